The van der Waals surface area contributed by atoms with Crippen LogP contribution in [0.3, 0.4) is 0 Å². The van der Waals surface area contributed by atoms with Crippen molar-refractivity contribution in [2.24, 2.45) is 11.8 Å². The predicted octanol–water partition coefficient (Wildman–Crippen LogP) is 3.56. The lowest BCUT2D eigenvalue weighted by molar-refractivity contribution is -0.0240. The molecular weight excluding hydrogens is 304 g/mol. The fourth-order valence-corrected chi connectivity index (χ4v) is 4.00. The fraction of sp³-hybridized carbons (Fsp3) is 0.579. The molecule has 0 aromatic heterocycles. The molecule has 0 radical (unpaired) electrons. The Morgan fingerprint density at radius 1 is 1.29 bits per heavy atom. The highest BCUT2D eigenvalue weighted by molar-refractivity contribution is 5.94. The van der Waals surface area contributed by atoms with Crippen molar-refractivity contribution in [1.29, 1.82) is 0 Å². The number of hydrogen-bond donors (Lipinski definition) is 1. The van der Waals surface area contributed by atoms with Crippen LogP contribution in [0.2, 0.25) is 0 Å². The molecule has 3 fully saturated rings. The van der Waals surface area contributed by atoms with Crippen molar-refractivity contribution in [2.75, 3.05) is 25.0 Å². The maximum absolute atomic E-state index is 12.0. The number of fused-ring (bicyclic) bond motifs is 3. The lowest BCUT2D eigenvalue weighted by Crippen LogP contribution is -2.54. The number of amides is 1. The van der Waals surface area contributed by atoms with Crippen LogP contribution in [0.4, 0.5) is 10.5 Å². The molecule has 4 atom stereocenters. The molecule has 1 amide bonds. The Bertz CT molecular complexity index is 599. The first-order valence-corrected chi connectivity index (χ1v) is 8.85. The number of ketones is 1. The summed E-state index contributed by atoms with van der Waals surface area (Å²) in [6.07, 6.45) is 3.23. The van der Waals surface area contributed by atoms with Gasteiger partial charge in [-0.1, -0.05) is 13.3 Å². The van der Waals surface area contributed by atoms with Gasteiger partial charge >= 0.3 is 6.09 Å². The lowest BCUT2D eigenvalue weighted by atomic mass is 9.75. The highest BCUT2D eigenvalue weighted by Gasteiger charge is 2.39. The standard InChI is InChI=1S/C19H26N2O3/c1-3-14-11-21-9-8-16(14)10-18(21)12-24-19(23)20-17-6-4-15(5-7-17)13(2)22/h4-7,14,16,18H,3,8-12H2,1-2H3,(H,20,23)/t14-,16-,18+/m0/s1. The molecule has 0 spiro atoms. The maximum Gasteiger partial charge on any atom is 0.411 e. The predicted molar refractivity (Wildman–Crippen MR) is 93.3 cm³/mol. The summed E-state index contributed by atoms with van der Waals surface area (Å²) in [5.41, 5.74) is 1.27. The van der Waals surface area contributed by atoms with E-state index in [2.05, 4.69) is 17.1 Å². The van der Waals surface area contributed by atoms with Gasteiger partial charge in [-0.3, -0.25) is 15.0 Å². The van der Waals surface area contributed by atoms with Crippen molar-refractivity contribution in [3.05, 3.63) is 29.8 Å². The second kappa shape index (κ2) is 7.34. The second-order valence-electron chi connectivity index (χ2n) is 6.96. The van der Waals surface area contributed by atoms with E-state index in [1.54, 1.807) is 24.3 Å². The quantitative estimate of drug-likeness (QED) is 0.839. The number of piperidine rings is 3. The zero-order chi connectivity index (χ0) is 17.1. The van der Waals surface area contributed by atoms with E-state index in [9.17, 15) is 9.59 Å². The van der Waals surface area contributed by atoms with E-state index in [4.69, 9.17) is 4.74 Å². The van der Waals surface area contributed by atoms with E-state index < -0.39 is 6.09 Å². The summed E-state index contributed by atoms with van der Waals surface area (Å²) in [5.74, 6) is 1.61. The van der Waals surface area contributed by atoms with Crippen LogP contribution in [0.5, 0.6) is 0 Å². The van der Waals surface area contributed by atoms with Gasteiger partial charge in [0.15, 0.2) is 5.78 Å². The van der Waals surface area contributed by atoms with Crippen molar-refractivity contribution in [1.82, 2.24) is 4.90 Å². The van der Waals surface area contributed by atoms with Crippen LogP contribution >= 0.6 is 0 Å². The smallest absolute Gasteiger partial charge is 0.411 e. The van der Waals surface area contributed by atoms with E-state index >= 15 is 0 Å². The molecular formula is C19H26N2O3. The van der Waals surface area contributed by atoms with Gasteiger partial charge in [0.05, 0.1) is 0 Å². The molecule has 1 aromatic rings. The van der Waals surface area contributed by atoms with Gasteiger partial charge in [0.2, 0.25) is 0 Å². The Morgan fingerprint density at radius 3 is 2.62 bits per heavy atom. The van der Waals surface area contributed by atoms with Crippen molar-refractivity contribution in [3.63, 3.8) is 0 Å². The zero-order valence-electron chi connectivity index (χ0n) is 14.5. The van der Waals surface area contributed by atoms with Crippen LogP contribution in [0.25, 0.3) is 0 Å². The molecule has 2 bridgehead atoms. The highest BCUT2D eigenvalue weighted by atomic mass is 16.5. The Labute approximate surface area is 143 Å². The zero-order valence-corrected chi connectivity index (χ0v) is 14.5. The molecule has 0 aliphatic carbocycles. The second-order valence-corrected chi connectivity index (χ2v) is 6.96. The molecule has 1 N–H and O–H groups in total. The number of carbonyl (C=O) groups is 2. The summed E-state index contributed by atoms with van der Waals surface area (Å²) in [6.45, 7) is 6.51. The lowest BCUT2D eigenvalue weighted by Gasteiger charge is -2.49. The first-order chi connectivity index (χ1) is 11.6. The molecule has 3 aliphatic rings. The first kappa shape index (κ1) is 17.0. The van der Waals surface area contributed by atoms with Gasteiger partial charge in [0.1, 0.15) is 6.61 Å². The Balaban J connectivity index is 1.47. The van der Waals surface area contributed by atoms with Crippen molar-refractivity contribution < 1.29 is 14.3 Å². The molecule has 5 heteroatoms. The number of Topliss-reactive ketones (excluding diaryl/α,β-unsaturated/α-hetero) is 1. The highest BCUT2D eigenvalue weighted by Crippen LogP contribution is 2.37. The van der Waals surface area contributed by atoms with E-state index in [0.717, 1.165) is 31.3 Å². The van der Waals surface area contributed by atoms with Gasteiger partial charge in [0, 0.05) is 23.8 Å². The third kappa shape index (κ3) is 3.78. The summed E-state index contributed by atoms with van der Waals surface area (Å²) >= 11 is 0. The molecule has 24 heavy (non-hydrogen) atoms. The molecule has 0 saturated carbocycles. The normalized spacial score (nSPS) is 28.4. The van der Waals surface area contributed by atoms with Gasteiger partial charge in [-0.05, 0) is 62.4 Å². The maximum atomic E-state index is 12.0. The summed E-state index contributed by atoms with van der Waals surface area (Å²) in [7, 11) is 0. The average Bonchev–Trinajstić information content (AvgIpc) is 2.60. The molecule has 1 aromatic carbocycles. The van der Waals surface area contributed by atoms with E-state index in [-0.39, 0.29) is 5.78 Å². The minimum atomic E-state index is -0.430. The van der Waals surface area contributed by atoms with Crippen molar-refractivity contribution >= 4 is 17.6 Å². The number of anilines is 1. The molecule has 3 aliphatic heterocycles. The van der Waals surface area contributed by atoms with Crippen LogP contribution < -0.4 is 5.32 Å². The van der Waals surface area contributed by atoms with Gasteiger partial charge in [0.25, 0.3) is 0 Å². The molecule has 5 nitrogen and oxygen atoms in total. The van der Waals surface area contributed by atoms with Crippen LogP contribution in [0.15, 0.2) is 24.3 Å². The summed E-state index contributed by atoms with van der Waals surface area (Å²) in [6, 6.07) is 7.20. The minimum absolute atomic E-state index is 0.0101. The minimum Gasteiger partial charge on any atom is -0.448 e. The van der Waals surface area contributed by atoms with Crippen molar-refractivity contribution in [3.8, 4) is 0 Å². The van der Waals surface area contributed by atoms with Gasteiger partial charge < -0.3 is 4.74 Å². The van der Waals surface area contributed by atoms with Crippen LogP contribution in [-0.4, -0.2) is 42.5 Å². The van der Waals surface area contributed by atoms with E-state index in [1.807, 2.05) is 0 Å². The third-order valence-electron chi connectivity index (χ3n) is 5.48. The summed E-state index contributed by atoms with van der Waals surface area (Å²) < 4.78 is 5.43. The first-order valence-electron chi connectivity index (χ1n) is 8.85. The Morgan fingerprint density at radius 2 is 2.04 bits per heavy atom. The SMILES string of the molecule is CC[C@H]1CN2CC[C@H]1C[C@@H]2COC(=O)Nc1ccc(C(C)=O)cc1. The van der Waals surface area contributed by atoms with Gasteiger partial charge in [-0.25, -0.2) is 4.79 Å². The number of benzene rings is 1. The van der Waals surface area contributed by atoms with E-state index in [1.165, 1.54) is 19.8 Å². The van der Waals surface area contributed by atoms with E-state index in [0.29, 0.717) is 23.9 Å². The number of ether oxygens (including phenoxy) is 1. The van der Waals surface area contributed by atoms with Crippen LogP contribution in [0.1, 0.15) is 43.5 Å². The summed E-state index contributed by atoms with van der Waals surface area (Å²) in [5, 5.41) is 2.72. The molecule has 1 unspecified atom stereocenters. The van der Waals surface area contributed by atoms with Gasteiger partial charge in [-0.2, -0.15) is 0 Å². The number of nitrogens with one attached hydrogen (secondary N) is 1. The number of hydrogen-bond acceptors (Lipinski definition) is 4. The molecule has 3 heterocycles. The van der Waals surface area contributed by atoms with Gasteiger partial charge in [-0.15, -0.1) is 0 Å². The van der Waals surface area contributed by atoms with Crippen molar-refractivity contribution in [2.45, 2.75) is 39.2 Å². The average molecular weight is 330 g/mol. The molecule has 3 saturated heterocycles. The fourth-order valence-electron chi connectivity index (χ4n) is 4.00. The number of nitrogens with zero attached hydrogens (tertiary/aromatic N) is 1. The topological polar surface area (TPSA) is 58.6 Å². The van der Waals surface area contributed by atoms with Crippen LogP contribution in [-0.2, 0) is 4.74 Å². The number of carbonyl (C=O) groups excluding carboxylic acids is 2. The Kier molecular flexibility index (Phi) is 5.19. The molecule has 4 rings (SSSR count). The number of rotatable bonds is 5. The third-order valence-corrected chi connectivity index (χ3v) is 5.48. The molecule has 130 valence electrons. The largest absolute Gasteiger partial charge is 0.448 e. The summed E-state index contributed by atoms with van der Waals surface area (Å²) in [4.78, 5) is 25.7. The van der Waals surface area contributed by atoms with Crippen LogP contribution in [0, 0.1) is 11.8 Å². The Hall–Kier alpha value is -1.88. The monoisotopic (exact) mass is 330 g/mol.